The number of nitrogen functional groups attached to an aromatic ring is 1. The van der Waals surface area contributed by atoms with E-state index in [2.05, 4.69) is 26.8 Å². The summed E-state index contributed by atoms with van der Waals surface area (Å²) in [6, 6.07) is 5.44. The Labute approximate surface area is 127 Å². The molecule has 0 saturated heterocycles. The average molecular weight is 288 g/mol. The summed E-state index contributed by atoms with van der Waals surface area (Å²) < 4.78 is 0. The fraction of sp³-hybridized carbons (Fsp3) is 0.0588. The zero-order chi connectivity index (χ0) is 15.5. The van der Waals surface area contributed by atoms with E-state index < -0.39 is 0 Å². The third kappa shape index (κ3) is 2.50. The molecule has 0 atom stereocenters. The van der Waals surface area contributed by atoms with Gasteiger partial charge in [-0.2, -0.15) is 0 Å². The number of carbonyl (C=O) groups is 1. The number of hydrogen-bond donors (Lipinski definition) is 1. The van der Waals surface area contributed by atoms with Crippen LogP contribution in [0.1, 0.15) is 27.2 Å². The van der Waals surface area contributed by atoms with Gasteiger partial charge >= 0.3 is 0 Å². The molecule has 0 aliphatic heterocycles. The number of hydrogen-bond acceptors (Lipinski definition) is 5. The first kappa shape index (κ1) is 13.7. The van der Waals surface area contributed by atoms with Crippen molar-refractivity contribution < 1.29 is 4.79 Å². The van der Waals surface area contributed by atoms with E-state index in [1.54, 1.807) is 18.5 Å². The van der Waals surface area contributed by atoms with Gasteiger partial charge in [0.2, 0.25) is 0 Å². The Hall–Kier alpha value is -3.26. The molecule has 0 aliphatic carbocycles. The molecule has 0 amide bonds. The molecule has 0 bridgehead atoms. The van der Waals surface area contributed by atoms with E-state index >= 15 is 0 Å². The minimum absolute atomic E-state index is 0.377. The zero-order valence-electron chi connectivity index (χ0n) is 11.9. The van der Waals surface area contributed by atoms with Crippen LogP contribution >= 0.6 is 0 Å². The summed E-state index contributed by atoms with van der Waals surface area (Å²) in [6.07, 6.45) is 5.57. The predicted octanol–water partition coefficient (Wildman–Crippen LogP) is 2.13. The molecule has 5 heteroatoms. The zero-order valence-corrected chi connectivity index (χ0v) is 11.9. The van der Waals surface area contributed by atoms with Crippen molar-refractivity contribution in [3.05, 3.63) is 59.2 Å². The molecule has 3 aromatic rings. The lowest BCUT2D eigenvalue weighted by Crippen LogP contribution is -1.95. The Balaban J connectivity index is 2.12. The number of rotatable bonds is 1. The van der Waals surface area contributed by atoms with Gasteiger partial charge in [-0.1, -0.05) is 11.8 Å². The van der Waals surface area contributed by atoms with E-state index in [9.17, 15) is 4.79 Å². The number of aryl methyl sites for hydroxylation is 1. The number of nitrogens with two attached hydrogens (primary N) is 1. The molecule has 0 aromatic carbocycles. The van der Waals surface area contributed by atoms with Crippen LogP contribution in [-0.4, -0.2) is 21.2 Å². The molecular formula is C17H12N4O. The van der Waals surface area contributed by atoms with E-state index in [1.165, 1.54) is 6.20 Å². The van der Waals surface area contributed by atoms with Gasteiger partial charge in [-0.3, -0.25) is 14.8 Å². The van der Waals surface area contributed by atoms with Crippen molar-refractivity contribution in [1.29, 1.82) is 0 Å². The van der Waals surface area contributed by atoms with Gasteiger partial charge < -0.3 is 5.73 Å². The Bertz CT molecular complexity index is 938. The lowest BCUT2D eigenvalue weighted by atomic mass is 10.1. The Kier molecular flexibility index (Phi) is 3.50. The molecule has 0 aliphatic rings. The van der Waals surface area contributed by atoms with Crippen molar-refractivity contribution in [2.75, 3.05) is 5.73 Å². The first-order valence-electron chi connectivity index (χ1n) is 6.62. The molecular weight excluding hydrogens is 276 g/mol. The van der Waals surface area contributed by atoms with Crippen molar-refractivity contribution in [3.63, 3.8) is 0 Å². The molecule has 0 radical (unpaired) electrons. The second-order valence-electron chi connectivity index (χ2n) is 4.73. The summed E-state index contributed by atoms with van der Waals surface area (Å²) >= 11 is 0. The average Bonchev–Trinajstić information content (AvgIpc) is 2.56. The van der Waals surface area contributed by atoms with Crippen molar-refractivity contribution in [2.24, 2.45) is 0 Å². The number of nitrogens with zero attached hydrogens (tertiary/aromatic N) is 3. The van der Waals surface area contributed by atoms with Crippen LogP contribution in [0, 0.1) is 18.8 Å². The highest BCUT2D eigenvalue weighted by molar-refractivity contribution is 5.91. The van der Waals surface area contributed by atoms with Crippen LogP contribution in [0.25, 0.3) is 10.9 Å². The van der Waals surface area contributed by atoms with Crippen LogP contribution in [0.3, 0.4) is 0 Å². The van der Waals surface area contributed by atoms with Crippen LogP contribution in [0.4, 0.5) is 5.82 Å². The second kappa shape index (κ2) is 5.62. The van der Waals surface area contributed by atoms with E-state index in [4.69, 9.17) is 5.73 Å². The predicted molar refractivity (Wildman–Crippen MR) is 84.3 cm³/mol. The van der Waals surface area contributed by atoms with E-state index in [1.807, 2.05) is 19.1 Å². The first-order valence-corrected chi connectivity index (χ1v) is 6.62. The van der Waals surface area contributed by atoms with E-state index in [0.29, 0.717) is 22.5 Å². The molecule has 0 fully saturated rings. The van der Waals surface area contributed by atoms with Crippen molar-refractivity contribution in [2.45, 2.75) is 6.92 Å². The molecule has 2 N–H and O–H groups in total. The first-order chi connectivity index (χ1) is 10.7. The molecule has 106 valence electrons. The molecule has 0 unspecified atom stereocenters. The van der Waals surface area contributed by atoms with Gasteiger partial charge in [0.15, 0.2) is 6.29 Å². The second-order valence-corrected chi connectivity index (χ2v) is 4.73. The number of aldehydes is 1. The van der Waals surface area contributed by atoms with Gasteiger partial charge in [0.25, 0.3) is 0 Å². The smallest absolute Gasteiger partial charge is 0.151 e. The lowest BCUT2D eigenvalue weighted by Gasteiger charge is -2.02. The van der Waals surface area contributed by atoms with E-state index in [0.717, 1.165) is 22.9 Å². The Morgan fingerprint density at radius 2 is 1.95 bits per heavy atom. The van der Waals surface area contributed by atoms with Crippen LogP contribution < -0.4 is 5.73 Å². The minimum atomic E-state index is 0.377. The van der Waals surface area contributed by atoms with Crippen LogP contribution in [0.2, 0.25) is 0 Å². The summed E-state index contributed by atoms with van der Waals surface area (Å²) in [4.78, 5) is 23.3. The molecule has 22 heavy (non-hydrogen) atoms. The maximum Gasteiger partial charge on any atom is 0.151 e. The summed E-state index contributed by atoms with van der Waals surface area (Å²) in [5.74, 6) is 6.47. The maximum atomic E-state index is 10.8. The Morgan fingerprint density at radius 3 is 2.77 bits per heavy atom. The van der Waals surface area contributed by atoms with Gasteiger partial charge in [-0.05, 0) is 25.1 Å². The monoisotopic (exact) mass is 288 g/mol. The number of carbonyl (C=O) groups excluding carboxylic acids is 1. The molecule has 3 aromatic heterocycles. The fourth-order valence-electron chi connectivity index (χ4n) is 2.07. The van der Waals surface area contributed by atoms with Gasteiger partial charge in [0.1, 0.15) is 11.3 Å². The topological polar surface area (TPSA) is 81.8 Å². The molecule has 0 saturated carbocycles. The standard InChI is InChI=1S/C17H12N4O/c1-11-13(7-12(10-22)8-20-11)4-5-14-9-21-17(18)16-15(14)3-2-6-19-16/h2-3,6-10H,1H3,(H2,18,21). The third-order valence-corrected chi connectivity index (χ3v) is 3.25. The van der Waals surface area contributed by atoms with Gasteiger partial charge in [0, 0.05) is 35.1 Å². The summed E-state index contributed by atoms with van der Waals surface area (Å²) in [5, 5.41) is 0.847. The summed E-state index contributed by atoms with van der Waals surface area (Å²) in [5.41, 5.74) is 9.16. The van der Waals surface area contributed by atoms with Crippen molar-refractivity contribution in [3.8, 4) is 11.8 Å². The summed E-state index contributed by atoms with van der Waals surface area (Å²) in [7, 11) is 0. The minimum Gasteiger partial charge on any atom is -0.382 e. The van der Waals surface area contributed by atoms with Crippen LogP contribution in [-0.2, 0) is 0 Å². The molecule has 3 heterocycles. The number of pyridine rings is 3. The molecule has 3 rings (SSSR count). The fourth-order valence-corrected chi connectivity index (χ4v) is 2.07. The van der Waals surface area contributed by atoms with Crippen molar-refractivity contribution in [1.82, 2.24) is 15.0 Å². The SMILES string of the molecule is Cc1ncc(C=O)cc1C#Cc1cnc(N)c2ncccc12. The number of anilines is 1. The Morgan fingerprint density at radius 1 is 1.14 bits per heavy atom. The number of fused-ring (bicyclic) bond motifs is 1. The lowest BCUT2D eigenvalue weighted by molar-refractivity contribution is 0.112. The normalized spacial score (nSPS) is 10.0. The highest BCUT2D eigenvalue weighted by Crippen LogP contribution is 2.19. The number of aromatic nitrogens is 3. The van der Waals surface area contributed by atoms with Gasteiger partial charge in [-0.15, -0.1) is 0 Å². The maximum absolute atomic E-state index is 10.8. The van der Waals surface area contributed by atoms with Crippen LogP contribution in [0.5, 0.6) is 0 Å². The van der Waals surface area contributed by atoms with Crippen molar-refractivity contribution >= 4 is 23.0 Å². The molecule has 0 spiro atoms. The molecule has 5 nitrogen and oxygen atoms in total. The third-order valence-electron chi connectivity index (χ3n) is 3.25. The summed E-state index contributed by atoms with van der Waals surface area (Å²) in [6.45, 7) is 1.85. The largest absolute Gasteiger partial charge is 0.382 e. The van der Waals surface area contributed by atoms with Crippen LogP contribution in [0.15, 0.2) is 36.8 Å². The van der Waals surface area contributed by atoms with E-state index in [-0.39, 0.29) is 0 Å². The quantitative estimate of drug-likeness (QED) is 0.548. The van der Waals surface area contributed by atoms with Gasteiger partial charge in [-0.25, -0.2) is 4.98 Å². The van der Waals surface area contributed by atoms with Gasteiger partial charge in [0.05, 0.1) is 11.3 Å². The highest BCUT2D eigenvalue weighted by atomic mass is 16.1. The highest BCUT2D eigenvalue weighted by Gasteiger charge is 2.04.